The third kappa shape index (κ3) is 5.23. The summed E-state index contributed by atoms with van der Waals surface area (Å²) < 4.78 is 10.8. The molecule has 1 fully saturated rings. The summed E-state index contributed by atoms with van der Waals surface area (Å²) in [7, 11) is 0. The van der Waals surface area contributed by atoms with E-state index < -0.39 is 23.7 Å². The highest BCUT2D eigenvalue weighted by Crippen LogP contribution is 2.44. The number of aliphatic hydroxyl groups excluding tert-OH is 1. The SMILES string of the molecule is CCCOc1ccc(C2/C(=C(/O)c3ccc(Cl)cc3)C(=O)C(=O)N2c2nc(C)c(C(=O)OCC)s2)cc1. The van der Waals surface area contributed by atoms with E-state index in [2.05, 4.69) is 4.98 Å². The molecule has 3 aromatic rings. The van der Waals surface area contributed by atoms with Crippen molar-refractivity contribution in [3.05, 3.63) is 80.8 Å². The number of halogens is 1. The van der Waals surface area contributed by atoms with Crippen molar-refractivity contribution in [2.45, 2.75) is 33.2 Å². The number of thiazole rings is 1. The fourth-order valence-electron chi connectivity index (χ4n) is 3.95. The summed E-state index contributed by atoms with van der Waals surface area (Å²) in [6, 6.07) is 12.2. The Bertz CT molecular complexity index is 1360. The molecule has 0 aliphatic carbocycles. The zero-order chi connectivity index (χ0) is 26.7. The molecule has 0 bridgehead atoms. The Morgan fingerprint density at radius 3 is 2.41 bits per heavy atom. The average molecular weight is 541 g/mol. The number of hydrogen-bond donors (Lipinski definition) is 1. The number of esters is 1. The summed E-state index contributed by atoms with van der Waals surface area (Å²) in [5.41, 5.74) is 1.17. The molecule has 10 heteroatoms. The van der Waals surface area contributed by atoms with Crippen molar-refractivity contribution >= 4 is 51.5 Å². The van der Waals surface area contributed by atoms with Gasteiger partial charge in [-0.25, -0.2) is 9.78 Å². The zero-order valence-corrected chi connectivity index (χ0v) is 22.1. The van der Waals surface area contributed by atoms with E-state index in [-0.39, 0.29) is 27.9 Å². The van der Waals surface area contributed by atoms with Gasteiger partial charge in [-0.15, -0.1) is 0 Å². The van der Waals surface area contributed by atoms with Crippen LogP contribution < -0.4 is 9.64 Å². The van der Waals surface area contributed by atoms with Gasteiger partial charge in [0.1, 0.15) is 16.4 Å². The molecule has 1 aliphatic heterocycles. The monoisotopic (exact) mass is 540 g/mol. The van der Waals surface area contributed by atoms with Crippen molar-refractivity contribution in [1.29, 1.82) is 0 Å². The first-order valence-corrected chi connectivity index (χ1v) is 12.9. The van der Waals surface area contributed by atoms with Crippen LogP contribution in [-0.4, -0.2) is 41.0 Å². The van der Waals surface area contributed by atoms with E-state index >= 15 is 0 Å². The van der Waals surface area contributed by atoms with E-state index in [4.69, 9.17) is 21.1 Å². The second kappa shape index (κ2) is 11.1. The van der Waals surface area contributed by atoms with E-state index in [0.29, 0.717) is 34.2 Å². The number of benzene rings is 2. The summed E-state index contributed by atoms with van der Waals surface area (Å²) in [4.78, 5) is 44.9. The molecule has 1 saturated heterocycles. The van der Waals surface area contributed by atoms with Crippen molar-refractivity contribution in [3.63, 3.8) is 0 Å². The van der Waals surface area contributed by atoms with Crippen LogP contribution in [0.1, 0.15) is 52.8 Å². The van der Waals surface area contributed by atoms with Gasteiger partial charge < -0.3 is 14.6 Å². The summed E-state index contributed by atoms with van der Waals surface area (Å²) in [5.74, 6) is -2.00. The van der Waals surface area contributed by atoms with Gasteiger partial charge in [-0.05, 0) is 62.2 Å². The largest absolute Gasteiger partial charge is 0.507 e. The predicted molar refractivity (Wildman–Crippen MR) is 141 cm³/mol. The number of carbonyl (C=O) groups is 3. The minimum Gasteiger partial charge on any atom is -0.507 e. The number of nitrogens with zero attached hydrogens (tertiary/aromatic N) is 2. The van der Waals surface area contributed by atoms with Gasteiger partial charge >= 0.3 is 11.9 Å². The van der Waals surface area contributed by atoms with Crippen LogP contribution >= 0.6 is 22.9 Å². The lowest BCUT2D eigenvalue weighted by molar-refractivity contribution is -0.132. The van der Waals surface area contributed by atoms with Crippen LogP contribution in [0.5, 0.6) is 5.75 Å². The Morgan fingerprint density at radius 1 is 1.11 bits per heavy atom. The van der Waals surface area contributed by atoms with Gasteiger partial charge in [0.05, 0.1) is 30.5 Å². The number of aromatic nitrogens is 1. The van der Waals surface area contributed by atoms with Crippen LogP contribution in [0.15, 0.2) is 54.1 Å². The van der Waals surface area contributed by atoms with Crippen LogP contribution in [0.4, 0.5) is 5.13 Å². The number of aliphatic hydroxyl groups is 1. The second-order valence-electron chi connectivity index (χ2n) is 8.22. The standard InChI is InChI=1S/C27H25ClN2O6S/c1-4-14-36-19-12-8-16(9-13-19)21-20(22(31)17-6-10-18(28)11-7-17)23(32)25(33)30(21)27-29-15(3)24(37-27)26(34)35-5-2/h6-13,21,31H,4-5,14H2,1-3H3/b22-20-. The van der Waals surface area contributed by atoms with E-state index in [0.717, 1.165) is 17.8 Å². The van der Waals surface area contributed by atoms with Crippen LogP contribution in [-0.2, 0) is 14.3 Å². The lowest BCUT2D eigenvalue weighted by Gasteiger charge is -2.23. The summed E-state index contributed by atoms with van der Waals surface area (Å²) in [6.07, 6.45) is 0.842. The van der Waals surface area contributed by atoms with Gasteiger partial charge in [-0.1, -0.05) is 42.0 Å². The third-order valence-corrected chi connectivity index (χ3v) is 7.07. The molecule has 1 N–H and O–H groups in total. The Hall–Kier alpha value is -3.69. The molecule has 1 aliphatic rings. The van der Waals surface area contributed by atoms with Gasteiger partial charge in [0.2, 0.25) is 0 Å². The first kappa shape index (κ1) is 26.4. The van der Waals surface area contributed by atoms with Gasteiger partial charge in [-0.3, -0.25) is 14.5 Å². The summed E-state index contributed by atoms with van der Waals surface area (Å²) in [6.45, 7) is 6.05. The lowest BCUT2D eigenvalue weighted by atomic mass is 9.95. The first-order chi connectivity index (χ1) is 17.8. The third-order valence-electron chi connectivity index (χ3n) is 5.68. The molecule has 2 aromatic carbocycles. The minimum absolute atomic E-state index is 0.0971. The van der Waals surface area contributed by atoms with Crippen molar-refractivity contribution in [1.82, 2.24) is 4.98 Å². The quantitative estimate of drug-likeness (QED) is 0.169. The highest BCUT2D eigenvalue weighted by atomic mass is 35.5. The zero-order valence-electron chi connectivity index (χ0n) is 20.5. The minimum atomic E-state index is -0.989. The summed E-state index contributed by atoms with van der Waals surface area (Å²) in [5, 5.41) is 11.8. The lowest BCUT2D eigenvalue weighted by Crippen LogP contribution is -2.29. The molecule has 8 nitrogen and oxygen atoms in total. The maximum atomic E-state index is 13.3. The van der Waals surface area contributed by atoms with Gasteiger partial charge in [-0.2, -0.15) is 0 Å². The molecule has 0 spiro atoms. The fraction of sp³-hybridized carbons (Fsp3) is 0.259. The maximum Gasteiger partial charge on any atom is 0.350 e. The Labute approximate surface area is 223 Å². The molecule has 4 rings (SSSR count). The molecule has 192 valence electrons. The Kier molecular flexibility index (Phi) is 7.94. The van der Waals surface area contributed by atoms with Gasteiger partial charge in [0.25, 0.3) is 5.78 Å². The number of ketones is 1. The number of anilines is 1. The number of Topliss-reactive ketones (excluding diaryl/α,β-unsaturated/α-hetero) is 1. The van der Waals surface area contributed by atoms with Gasteiger partial charge in [0, 0.05) is 10.6 Å². The van der Waals surface area contributed by atoms with Crippen LogP contribution in [0.2, 0.25) is 5.02 Å². The number of rotatable bonds is 8. The second-order valence-corrected chi connectivity index (χ2v) is 9.64. The van der Waals surface area contributed by atoms with E-state index in [1.54, 1.807) is 62.4 Å². The topological polar surface area (TPSA) is 106 Å². The number of amides is 1. The molecular formula is C27H25ClN2O6S. The highest BCUT2D eigenvalue weighted by molar-refractivity contribution is 7.17. The van der Waals surface area contributed by atoms with E-state index in [1.807, 2.05) is 6.92 Å². The maximum absolute atomic E-state index is 13.3. The molecule has 1 unspecified atom stereocenters. The van der Waals surface area contributed by atoms with Crippen molar-refractivity contribution in [3.8, 4) is 5.75 Å². The number of hydrogen-bond acceptors (Lipinski definition) is 8. The molecule has 0 radical (unpaired) electrons. The fourth-order valence-corrected chi connectivity index (χ4v) is 5.06. The molecule has 1 aromatic heterocycles. The van der Waals surface area contributed by atoms with Crippen molar-refractivity contribution in [2.24, 2.45) is 0 Å². The van der Waals surface area contributed by atoms with E-state index in [9.17, 15) is 19.5 Å². The Balaban J connectivity index is 1.86. The Morgan fingerprint density at radius 2 is 1.78 bits per heavy atom. The normalized spacial score (nSPS) is 16.8. The molecule has 1 amide bonds. The number of carbonyl (C=O) groups excluding carboxylic acids is 3. The molecule has 37 heavy (non-hydrogen) atoms. The smallest absolute Gasteiger partial charge is 0.350 e. The number of aryl methyl sites for hydroxylation is 1. The van der Waals surface area contributed by atoms with Crippen LogP contribution in [0.25, 0.3) is 5.76 Å². The highest BCUT2D eigenvalue weighted by Gasteiger charge is 2.48. The van der Waals surface area contributed by atoms with E-state index in [1.165, 1.54) is 4.90 Å². The average Bonchev–Trinajstić information content (AvgIpc) is 3.40. The van der Waals surface area contributed by atoms with Crippen LogP contribution in [0.3, 0.4) is 0 Å². The molecule has 2 heterocycles. The van der Waals surface area contributed by atoms with Crippen LogP contribution in [0, 0.1) is 6.92 Å². The molecule has 0 saturated carbocycles. The molecular weight excluding hydrogens is 516 g/mol. The van der Waals surface area contributed by atoms with Crippen molar-refractivity contribution in [2.75, 3.05) is 18.1 Å². The van der Waals surface area contributed by atoms with Crippen molar-refractivity contribution < 1.29 is 29.0 Å². The molecule has 1 atom stereocenters. The number of ether oxygens (including phenoxy) is 2. The summed E-state index contributed by atoms with van der Waals surface area (Å²) >= 11 is 6.94. The predicted octanol–water partition coefficient (Wildman–Crippen LogP) is 5.70. The van der Waals surface area contributed by atoms with Gasteiger partial charge in [0.15, 0.2) is 5.13 Å². The first-order valence-electron chi connectivity index (χ1n) is 11.7.